The van der Waals surface area contributed by atoms with Crippen molar-refractivity contribution >= 4 is 0 Å². The first-order valence-corrected chi connectivity index (χ1v) is 9.74. The molecule has 0 saturated heterocycles. The monoisotopic (exact) mass is 345 g/mol. The first kappa shape index (κ1) is 17.0. The van der Waals surface area contributed by atoms with Crippen LogP contribution in [-0.2, 0) is 0 Å². The van der Waals surface area contributed by atoms with Crippen LogP contribution in [-0.4, -0.2) is 14.8 Å². The zero-order chi connectivity index (χ0) is 18.1. The van der Waals surface area contributed by atoms with Gasteiger partial charge in [0.1, 0.15) is 5.82 Å². The number of hydrogen-bond acceptors (Lipinski definition) is 2. The molecular formula is C23H27N3. The number of nitrogens with zero attached hydrogens (tertiary/aromatic N) is 3. The molecule has 0 unspecified atom stereocenters. The Balaban J connectivity index is 1.94. The molecule has 1 heterocycles. The minimum absolute atomic E-state index is 0.508. The predicted molar refractivity (Wildman–Crippen MR) is 107 cm³/mol. The third-order valence-electron chi connectivity index (χ3n) is 5.55. The fourth-order valence-corrected chi connectivity index (χ4v) is 4.44. The number of aromatic nitrogens is 3. The van der Waals surface area contributed by atoms with E-state index < -0.39 is 0 Å². The Bertz CT molecular complexity index is 879. The Morgan fingerprint density at radius 1 is 0.846 bits per heavy atom. The molecule has 3 nitrogen and oxygen atoms in total. The summed E-state index contributed by atoms with van der Waals surface area (Å²) < 4.78 is 2.34. The topological polar surface area (TPSA) is 30.7 Å². The lowest BCUT2D eigenvalue weighted by atomic mass is 9.88. The molecule has 2 aromatic carbocycles. The summed E-state index contributed by atoms with van der Waals surface area (Å²) in [7, 11) is 0. The molecule has 0 spiro atoms. The summed E-state index contributed by atoms with van der Waals surface area (Å²) in [6, 6.07) is 15.0. The van der Waals surface area contributed by atoms with Gasteiger partial charge in [0.15, 0.2) is 5.82 Å². The van der Waals surface area contributed by atoms with Crippen LogP contribution >= 0.6 is 0 Å². The quantitative estimate of drug-likeness (QED) is 0.591. The van der Waals surface area contributed by atoms with Crippen molar-refractivity contribution in [2.24, 2.45) is 0 Å². The summed E-state index contributed by atoms with van der Waals surface area (Å²) in [6.07, 6.45) is 6.38. The number of hydrogen-bond donors (Lipinski definition) is 0. The lowest BCUT2D eigenvalue weighted by Gasteiger charge is -2.24. The van der Waals surface area contributed by atoms with Crippen LogP contribution in [0.5, 0.6) is 0 Å². The maximum atomic E-state index is 4.71. The van der Waals surface area contributed by atoms with E-state index in [-0.39, 0.29) is 0 Å². The molecular weight excluding hydrogens is 318 g/mol. The van der Waals surface area contributed by atoms with Gasteiger partial charge < -0.3 is 0 Å². The van der Waals surface area contributed by atoms with Crippen LogP contribution in [0.1, 0.15) is 60.5 Å². The van der Waals surface area contributed by atoms with Gasteiger partial charge in [-0.15, -0.1) is 10.2 Å². The van der Waals surface area contributed by atoms with Crippen molar-refractivity contribution in [2.45, 2.75) is 58.8 Å². The zero-order valence-corrected chi connectivity index (χ0v) is 16.0. The standard InChI is InChI=1S/C23H27N3/c1-16-14-17(2)21(18(3)15-16)26-22(19-10-6-4-7-11-19)24-25-23(26)20-12-8-5-9-13-20/h4,6-7,10-11,14-15,20H,5,8-9,12-13H2,1-3H3. The van der Waals surface area contributed by atoms with E-state index in [1.165, 1.54) is 54.5 Å². The number of benzene rings is 2. The average Bonchev–Trinajstić information content (AvgIpc) is 3.07. The highest BCUT2D eigenvalue weighted by Crippen LogP contribution is 2.36. The summed E-state index contributed by atoms with van der Waals surface area (Å²) in [5.41, 5.74) is 6.26. The maximum absolute atomic E-state index is 4.71. The van der Waals surface area contributed by atoms with Gasteiger partial charge in [0, 0.05) is 11.5 Å². The molecule has 4 rings (SSSR count). The average molecular weight is 345 g/mol. The predicted octanol–water partition coefficient (Wildman–Crippen LogP) is 5.91. The van der Waals surface area contributed by atoms with E-state index in [1.807, 2.05) is 0 Å². The molecule has 0 amide bonds. The smallest absolute Gasteiger partial charge is 0.168 e. The molecule has 0 N–H and O–H groups in total. The Kier molecular flexibility index (Phi) is 4.62. The van der Waals surface area contributed by atoms with Crippen LogP contribution in [0.15, 0.2) is 42.5 Å². The molecule has 26 heavy (non-hydrogen) atoms. The van der Waals surface area contributed by atoms with E-state index >= 15 is 0 Å². The van der Waals surface area contributed by atoms with Gasteiger partial charge in [0.25, 0.3) is 0 Å². The summed E-state index contributed by atoms with van der Waals surface area (Å²) in [5.74, 6) is 2.61. The van der Waals surface area contributed by atoms with Crippen LogP contribution in [0.2, 0.25) is 0 Å². The van der Waals surface area contributed by atoms with Crippen molar-refractivity contribution in [3.05, 3.63) is 65.0 Å². The molecule has 1 aliphatic rings. The molecule has 1 aliphatic carbocycles. The molecule has 0 atom stereocenters. The summed E-state index contributed by atoms with van der Waals surface area (Å²) in [5, 5.41) is 9.37. The van der Waals surface area contributed by atoms with Crippen LogP contribution in [0, 0.1) is 20.8 Å². The van der Waals surface area contributed by atoms with Gasteiger partial charge >= 0.3 is 0 Å². The van der Waals surface area contributed by atoms with Gasteiger partial charge in [-0.1, -0.05) is 67.3 Å². The van der Waals surface area contributed by atoms with Crippen molar-refractivity contribution in [3.63, 3.8) is 0 Å². The Morgan fingerprint density at radius 3 is 2.15 bits per heavy atom. The molecule has 0 bridgehead atoms. The Labute approximate surface area is 156 Å². The largest absolute Gasteiger partial charge is 0.278 e. The van der Waals surface area contributed by atoms with Gasteiger partial charge in [-0.2, -0.15) is 0 Å². The molecule has 3 aromatic rings. The number of rotatable bonds is 3. The molecule has 0 aliphatic heterocycles. The van der Waals surface area contributed by atoms with Gasteiger partial charge in [-0.3, -0.25) is 4.57 Å². The van der Waals surface area contributed by atoms with E-state index in [1.54, 1.807) is 0 Å². The van der Waals surface area contributed by atoms with Gasteiger partial charge in [0.2, 0.25) is 0 Å². The lowest BCUT2D eigenvalue weighted by molar-refractivity contribution is 0.424. The minimum atomic E-state index is 0.508. The summed E-state index contributed by atoms with van der Waals surface area (Å²) in [6.45, 7) is 6.57. The molecule has 1 fully saturated rings. The highest BCUT2D eigenvalue weighted by Gasteiger charge is 2.26. The highest BCUT2D eigenvalue weighted by atomic mass is 15.3. The molecule has 1 aromatic heterocycles. The van der Waals surface area contributed by atoms with E-state index in [4.69, 9.17) is 5.10 Å². The van der Waals surface area contributed by atoms with Crippen molar-refractivity contribution in [1.82, 2.24) is 14.8 Å². The van der Waals surface area contributed by atoms with Crippen molar-refractivity contribution in [3.8, 4) is 17.1 Å². The molecule has 134 valence electrons. The fourth-order valence-electron chi connectivity index (χ4n) is 4.44. The summed E-state index contributed by atoms with van der Waals surface area (Å²) >= 11 is 0. The fraction of sp³-hybridized carbons (Fsp3) is 0.391. The second-order valence-electron chi connectivity index (χ2n) is 7.67. The normalized spacial score (nSPS) is 15.3. The van der Waals surface area contributed by atoms with Crippen LogP contribution in [0.4, 0.5) is 0 Å². The Hall–Kier alpha value is -2.42. The van der Waals surface area contributed by atoms with E-state index in [0.29, 0.717) is 5.92 Å². The first-order chi connectivity index (χ1) is 12.6. The van der Waals surface area contributed by atoms with E-state index in [0.717, 1.165) is 17.2 Å². The molecule has 1 saturated carbocycles. The number of aryl methyl sites for hydroxylation is 3. The molecule has 0 radical (unpaired) electrons. The SMILES string of the molecule is Cc1cc(C)c(-n2c(-c3ccccc3)nnc2C2CCCCC2)c(C)c1. The van der Waals surface area contributed by atoms with Gasteiger partial charge in [0.05, 0.1) is 5.69 Å². The van der Waals surface area contributed by atoms with Gasteiger partial charge in [-0.05, 0) is 44.7 Å². The second-order valence-corrected chi connectivity index (χ2v) is 7.67. The van der Waals surface area contributed by atoms with Gasteiger partial charge in [-0.25, -0.2) is 0 Å². The minimum Gasteiger partial charge on any atom is -0.278 e. The maximum Gasteiger partial charge on any atom is 0.168 e. The first-order valence-electron chi connectivity index (χ1n) is 9.74. The van der Waals surface area contributed by atoms with Crippen molar-refractivity contribution < 1.29 is 0 Å². The summed E-state index contributed by atoms with van der Waals surface area (Å²) in [4.78, 5) is 0. The van der Waals surface area contributed by atoms with E-state index in [9.17, 15) is 0 Å². The van der Waals surface area contributed by atoms with Crippen LogP contribution in [0.25, 0.3) is 17.1 Å². The third-order valence-corrected chi connectivity index (χ3v) is 5.55. The third kappa shape index (κ3) is 3.07. The lowest BCUT2D eigenvalue weighted by Crippen LogP contribution is -2.13. The van der Waals surface area contributed by atoms with Crippen LogP contribution < -0.4 is 0 Å². The van der Waals surface area contributed by atoms with Crippen LogP contribution in [0.3, 0.4) is 0 Å². The highest BCUT2D eigenvalue weighted by molar-refractivity contribution is 5.62. The zero-order valence-electron chi connectivity index (χ0n) is 16.0. The molecule has 3 heteroatoms. The second kappa shape index (κ2) is 7.06. The van der Waals surface area contributed by atoms with E-state index in [2.05, 4.69) is 72.9 Å². The van der Waals surface area contributed by atoms with Crippen molar-refractivity contribution in [2.75, 3.05) is 0 Å². The van der Waals surface area contributed by atoms with Crippen molar-refractivity contribution in [1.29, 1.82) is 0 Å². The Morgan fingerprint density at radius 2 is 1.50 bits per heavy atom.